The molecule has 39 heavy (non-hydrogen) atoms. The summed E-state index contributed by atoms with van der Waals surface area (Å²) in [6.07, 6.45) is 1.83. The third-order valence-electron chi connectivity index (χ3n) is 6.35. The van der Waals surface area contributed by atoms with E-state index in [1.165, 1.54) is 35.5 Å². The van der Waals surface area contributed by atoms with Crippen molar-refractivity contribution >= 4 is 29.4 Å². The lowest BCUT2D eigenvalue weighted by Crippen LogP contribution is -2.40. The molecule has 0 unspecified atom stereocenters. The van der Waals surface area contributed by atoms with E-state index in [9.17, 15) is 14.4 Å². The molecule has 9 heteroatoms. The van der Waals surface area contributed by atoms with E-state index in [1.54, 1.807) is 32.0 Å². The fourth-order valence-corrected chi connectivity index (χ4v) is 5.48. The smallest absolute Gasteiger partial charge is 0.338 e. The molecule has 1 aliphatic heterocycles. The minimum absolute atomic E-state index is 0.0188. The number of ether oxygens (including phenoxy) is 3. The van der Waals surface area contributed by atoms with Gasteiger partial charge in [0.05, 0.1) is 35.6 Å². The summed E-state index contributed by atoms with van der Waals surface area (Å²) in [5, 5.41) is 0. The van der Waals surface area contributed by atoms with Crippen LogP contribution in [0, 0.1) is 0 Å². The number of nitrogens with zero attached hydrogens (tertiary/aromatic N) is 2. The first-order valence-electron chi connectivity index (χ1n) is 12.6. The number of allylic oxidation sites excluding steroid dienone is 1. The predicted molar refractivity (Wildman–Crippen MR) is 150 cm³/mol. The van der Waals surface area contributed by atoms with Gasteiger partial charge < -0.3 is 14.2 Å². The number of rotatable bonds is 6. The quantitative estimate of drug-likeness (QED) is 0.341. The van der Waals surface area contributed by atoms with Gasteiger partial charge in [0, 0.05) is 6.92 Å². The SMILES string of the molecule is CCOC(=O)C1=C(C)N=c2s/c(=C/c3ccc(C(C)(C)C)cc3)c(=O)n2[C@@H]1c1ccc(OC(C)=O)c(OC)c1. The van der Waals surface area contributed by atoms with Gasteiger partial charge >= 0.3 is 11.9 Å². The Labute approximate surface area is 230 Å². The van der Waals surface area contributed by atoms with Gasteiger partial charge in [0.1, 0.15) is 0 Å². The van der Waals surface area contributed by atoms with Gasteiger partial charge in [0.2, 0.25) is 0 Å². The molecular formula is C30H32N2O6S. The first kappa shape index (κ1) is 28.0. The molecule has 4 rings (SSSR count). The molecule has 0 fully saturated rings. The van der Waals surface area contributed by atoms with Gasteiger partial charge in [0.25, 0.3) is 5.56 Å². The van der Waals surface area contributed by atoms with Crippen LogP contribution in [0.2, 0.25) is 0 Å². The Balaban J connectivity index is 1.90. The van der Waals surface area contributed by atoms with Gasteiger partial charge in [-0.25, -0.2) is 9.79 Å². The fraction of sp³-hybridized carbons (Fsp3) is 0.333. The highest BCUT2D eigenvalue weighted by Gasteiger charge is 2.34. The molecule has 0 saturated heterocycles. The second-order valence-electron chi connectivity index (χ2n) is 10.2. The van der Waals surface area contributed by atoms with Gasteiger partial charge in [0.15, 0.2) is 16.3 Å². The fourth-order valence-electron chi connectivity index (χ4n) is 4.43. The molecule has 1 atom stereocenters. The van der Waals surface area contributed by atoms with Crippen molar-refractivity contribution in [1.82, 2.24) is 4.57 Å². The lowest BCUT2D eigenvalue weighted by Gasteiger charge is -2.25. The van der Waals surface area contributed by atoms with Crippen molar-refractivity contribution in [3.05, 3.63) is 90.1 Å². The summed E-state index contributed by atoms with van der Waals surface area (Å²) in [5.74, 6) is -0.522. The van der Waals surface area contributed by atoms with Crippen molar-refractivity contribution in [2.75, 3.05) is 13.7 Å². The van der Waals surface area contributed by atoms with Crippen LogP contribution in [0.3, 0.4) is 0 Å². The number of hydrogen-bond donors (Lipinski definition) is 0. The zero-order valence-corrected chi connectivity index (χ0v) is 24.0. The maximum atomic E-state index is 13.8. The maximum Gasteiger partial charge on any atom is 0.338 e. The van der Waals surface area contributed by atoms with E-state index in [0.717, 1.165) is 5.56 Å². The van der Waals surface area contributed by atoms with Crippen LogP contribution < -0.4 is 24.4 Å². The van der Waals surface area contributed by atoms with Crippen molar-refractivity contribution in [3.8, 4) is 11.5 Å². The van der Waals surface area contributed by atoms with Crippen LogP contribution >= 0.6 is 11.3 Å². The minimum atomic E-state index is -0.814. The molecule has 0 saturated carbocycles. The highest BCUT2D eigenvalue weighted by molar-refractivity contribution is 7.07. The summed E-state index contributed by atoms with van der Waals surface area (Å²) in [5.41, 5.74) is 3.13. The number of hydrogen-bond acceptors (Lipinski definition) is 8. The van der Waals surface area contributed by atoms with E-state index in [0.29, 0.717) is 26.3 Å². The average Bonchev–Trinajstić information content (AvgIpc) is 3.17. The molecule has 0 bridgehead atoms. The van der Waals surface area contributed by atoms with Crippen LogP contribution in [0.15, 0.2) is 63.5 Å². The molecule has 0 spiro atoms. The third-order valence-corrected chi connectivity index (χ3v) is 7.33. The minimum Gasteiger partial charge on any atom is -0.493 e. The number of thiazole rings is 1. The number of esters is 2. The summed E-state index contributed by atoms with van der Waals surface area (Å²) in [4.78, 5) is 43.6. The molecular weight excluding hydrogens is 516 g/mol. The van der Waals surface area contributed by atoms with Crippen LogP contribution in [0.1, 0.15) is 64.3 Å². The summed E-state index contributed by atoms with van der Waals surface area (Å²) < 4.78 is 18.1. The summed E-state index contributed by atoms with van der Waals surface area (Å²) in [6, 6.07) is 12.2. The Hall–Kier alpha value is -3.98. The average molecular weight is 549 g/mol. The lowest BCUT2D eigenvalue weighted by molar-refractivity contribution is -0.139. The first-order chi connectivity index (χ1) is 18.4. The van der Waals surface area contributed by atoms with Crippen molar-refractivity contribution in [1.29, 1.82) is 0 Å². The van der Waals surface area contributed by atoms with E-state index in [1.807, 2.05) is 18.2 Å². The van der Waals surface area contributed by atoms with Crippen molar-refractivity contribution < 1.29 is 23.8 Å². The molecule has 8 nitrogen and oxygen atoms in total. The molecule has 1 aromatic heterocycles. The van der Waals surface area contributed by atoms with Crippen molar-refractivity contribution in [2.24, 2.45) is 4.99 Å². The summed E-state index contributed by atoms with van der Waals surface area (Å²) in [7, 11) is 1.45. The van der Waals surface area contributed by atoms with E-state index < -0.39 is 18.0 Å². The molecule has 3 aromatic rings. The zero-order chi connectivity index (χ0) is 28.5. The second kappa shape index (κ2) is 11.0. The Morgan fingerprint density at radius 1 is 1.10 bits per heavy atom. The van der Waals surface area contributed by atoms with Gasteiger partial charge in [-0.05, 0) is 54.2 Å². The van der Waals surface area contributed by atoms with Crippen LogP contribution in [0.25, 0.3) is 6.08 Å². The van der Waals surface area contributed by atoms with E-state index in [2.05, 4.69) is 37.9 Å². The van der Waals surface area contributed by atoms with Gasteiger partial charge in [-0.1, -0.05) is 62.4 Å². The Morgan fingerprint density at radius 2 is 1.79 bits per heavy atom. The molecule has 0 amide bonds. The van der Waals surface area contributed by atoms with Gasteiger partial charge in [-0.2, -0.15) is 0 Å². The van der Waals surface area contributed by atoms with Gasteiger partial charge in [-0.3, -0.25) is 14.2 Å². The molecule has 1 aliphatic rings. The molecule has 2 aromatic carbocycles. The molecule has 2 heterocycles. The highest BCUT2D eigenvalue weighted by Crippen LogP contribution is 2.36. The molecule has 204 valence electrons. The van der Waals surface area contributed by atoms with E-state index in [4.69, 9.17) is 14.2 Å². The zero-order valence-electron chi connectivity index (χ0n) is 23.2. The van der Waals surface area contributed by atoms with Gasteiger partial charge in [-0.15, -0.1) is 0 Å². The van der Waals surface area contributed by atoms with Crippen LogP contribution in [-0.2, 0) is 19.7 Å². The molecule has 0 N–H and O–H groups in total. The number of carbonyl (C=O) groups is 2. The largest absolute Gasteiger partial charge is 0.493 e. The topological polar surface area (TPSA) is 96.2 Å². The van der Waals surface area contributed by atoms with Crippen LogP contribution in [-0.4, -0.2) is 30.2 Å². The van der Waals surface area contributed by atoms with Crippen molar-refractivity contribution in [2.45, 2.75) is 53.0 Å². The second-order valence-corrected chi connectivity index (χ2v) is 11.2. The van der Waals surface area contributed by atoms with Crippen LogP contribution in [0.5, 0.6) is 11.5 Å². The molecule has 0 aliphatic carbocycles. The number of benzene rings is 2. The standard InChI is InChI=1S/C30H32N2O6S/c1-8-37-28(35)25-17(2)31-29-32(26(25)20-11-14-22(38-18(3)33)23(16-20)36-7)27(34)24(39-29)15-19-9-12-21(13-10-19)30(4,5)6/h9-16,26H,8H2,1-7H3/b24-15+/t26-/m1/s1. The molecule has 0 radical (unpaired) electrons. The van der Waals surface area contributed by atoms with E-state index in [-0.39, 0.29) is 28.9 Å². The van der Waals surface area contributed by atoms with E-state index >= 15 is 0 Å². The summed E-state index contributed by atoms with van der Waals surface area (Å²) in [6.45, 7) is 11.4. The first-order valence-corrected chi connectivity index (χ1v) is 13.4. The Kier molecular flexibility index (Phi) is 7.92. The maximum absolute atomic E-state index is 13.8. The third kappa shape index (κ3) is 5.73. The summed E-state index contributed by atoms with van der Waals surface area (Å²) >= 11 is 1.26. The lowest BCUT2D eigenvalue weighted by atomic mass is 9.87. The van der Waals surface area contributed by atoms with Crippen LogP contribution in [0.4, 0.5) is 0 Å². The highest BCUT2D eigenvalue weighted by atomic mass is 32.1. The number of aromatic nitrogens is 1. The van der Waals surface area contributed by atoms with Crippen molar-refractivity contribution in [3.63, 3.8) is 0 Å². The monoisotopic (exact) mass is 548 g/mol. The number of carbonyl (C=O) groups excluding carboxylic acids is 2. The predicted octanol–water partition coefficient (Wildman–Crippen LogP) is 4.03. The number of fused-ring (bicyclic) bond motifs is 1. The Morgan fingerprint density at radius 3 is 2.38 bits per heavy atom. The number of methoxy groups -OCH3 is 1. The normalized spacial score (nSPS) is 15.5. The Bertz CT molecular complexity index is 1640.